The van der Waals surface area contributed by atoms with Gasteiger partial charge in [-0.25, -0.2) is 0 Å². The van der Waals surface area contributed by atoms with Crippen LogP contribution in [-0.4, -0.2) is 67.4 Å². The number of carbonyl (C=O) groups excluding carboxylic acids is 2. The number of carbonyl (C=O) groups is 3. The number of hydrogen-bond donors (Lipinski definition) is 2. The van der Waals surface area contributed by atoms with Gasteiger partial charge in [-0.05, 0) is 0 Å². The highest BCUT2D eigenvalue weighted by Gasteiger charge is 2.00. The lowest BCUT2D eigenvalue weighted by atomic mass is 10.5. The average Bonchev–Trinajstić information content (AvgIpc) is 2.45. The molecule has 2 N–H and O–H groups in total. The molecule has 0 aliphatic rings. The summed E-state index contributed by atoms with van der Waals surface area (Å²) in [6.07, 6.45) is 2.69. The van der Waals surface area contributed by atoms with E-state index in [0.717, 1.165) is 6.29 Å². The van der Waals surface area contributed by atoms with E-state index in [9.17, 15) is 14.4 Å². The summed E-state index contributed by atoms with van der Waals surface area (Å²) in [5, 5.41) is 14.5. The van der Waals surface area contributed by atoms with Gasteiger partial charge in [0.2, 0.25) is 0 Å². The van der Waals surface area contributed by atoms with Gasteiger partial charge in [0.15, 0.2) is 6.61 Å². The Morgan fingerprint density at radius 2 is 2.14 bits per heavy atom. The van der Waals surface area contributed by atoms with Crippen LogP contribution in [0.15, 0.2) is 5.16 Å². The van der Waals surface area contributed by atoms with E-state index < -0.39 is 5.97 Å². The first-order chi connectivity index (χ1) is 10.2. The molecule has 0 saturated carbocycles. The Morgan fingerprint density at radius 3 is 2.86 bits per heavy atom. The number of nitrogens with one attached hydrogen (secondary N) is 1. The van der Waals surface area contributed by atoms with Gasteiger partial charge >= 0.3 is 5.97 Å². The van der Waals surface area contributed by atoms with Gasteiger partial charge in [0, 0.05) is 24.5 Å². The predicted octanol–water partition coefficient (Wildman–Crippen LogP) is -0.0815. The van der Waals surface area contributed by atoms with Crippen molar-refractivity contribution in [3.63, 3.8) is 0 Å². The summed E-state index contributed by atoms with van der Waals surface area (Å²) in [6.45, 7) is 0.837. The van der Waals surface area contributed by atoms with Crippen LogP contribution in [0.2, 0.25) is 0 Å². The number of carboxylic acid groups (broad SMARTS) is 1. The van der Waals surface area contributed by atoms with Crippen LogP contribution in [0.5, 0.6) is 0 Å². The highest BCUT2D eigenvalue weighted by Crippen LogP contribution is 1.99. The molecule has 1 amide bonds. The summed E-state index contributed by atoms with van der Waals surface area (Å²) in [5.74, 6) is -0.113. The SMILES string of the molecule is O=CCCOCCNC(=O)CON=CCSCCC(=O)O. The monoisotopic (exact) mass is 320 g/mol. The molecular weight excluding hydrogens is 300 g/mol. The Morgan fingerprint density at radius 1 is 1.33 bits per heavy atom. The zero-order valence-corrected chi connectivity index (χ0v) is 12.5. The number of rotatable bonds is 14. The quantitative estimate of drug-likeness (QED) is 0.199. The first kappa shape index (κ1) is 19.4. The summed E-state index contributed by atoms with van der Waals surface area (Å²) in [7, 11) is 0. The molecule has 0 aliphatic heterocycles. The molecule has 0 bridgehead atoms. The molecule has 0 rings (SSSR count). The van der Waals surface area contributed by atoms with Crippen LogP contribution in [0.25, 0.3) is 0 Å². The van der Waals surface area contributed by atoms with Crippen LogP contribution in [0.1, 0.15) is 12.8 Å². The largest absolute Gasteiger partial charge is 0.481 e. The molecule has 0 heterocycles. The van der Waals surface area contributed by atoms with E-state index in [-0.39, 0.29) is 18.9 Å². The summed E-state index contributed by atoms with van der Waals surface area (Å²) in [6, 6.07) is 0. The molecule has 21 heavy (non-hydrogen) atoms. The van der Waals surface area contributed by atoms with E-state index >= 15 is 0 Å². The Labute approximate surface area is 127 Å². The highest BCUT2D eigenvalue weighted by atomic mass is 32.2. The van der Waals surface area contributed by atoms with E-state index in [0.29, 0.717) is 37.7 Å². The summed E-state index contributed by atoms with van der Waals surface area (Å²) < 4.78 is 5.06. The molecule has 9 heteroatoms. The third-order valence-corrected chi connectivity index (χ3v) is 2.82. The standard InChI is InChI=1S/C12H20N2O6S/c15-5-1-6-19-7-3-13-11(16)10-20-14-4-9-21-8-2-12(17)18/h4-5H,1-3,6-10H2,(H,13,16)(H,17,18). The minimum absolute atomic E-state index is 0.108. The Hall–Kier alpha value is -1.61. The molecule has 0 unspecified atom stereocenters. The summed E-state index contributed by atoms with van der Waals surface area (Å²) >= 11 is 1.41. The van der Waals surface area contributed by atoms with Gasteiger partial charge in [-0.1, -0.05) is 5.16 Å². The Balaban J connectivity index is 3.32. The number of amides is 1. The molecule has 120 valence electrons. The second-order valence-electron chi connectivity index (χ2n) is 3.70. The van der Waals surface area contributed by atoms with Gasteiger partial charge in [-0.15, -0.1) is 0 Å². The van der Waals surface area contributed by atoms with Crippen molar-refractivity contribution < 1.29 is 29.1 Å². The molecule has 0 aromatic carbocycles. The van der Waals surface area contributed by atoms with E-state index in [1.807, 2.05) is 0 Å². The second kappa shape index (κ2) is 14.8. The third kappa shape index (κ3) is 16.3. The van der Waals surface area contributed by atoms with Crippen LogP contribution in [0.3, 0.4) is 0 Å². The topological polar surface area (TPSA) is 114 Å². The number of hydrogen-bond acceptors (Lipinski definition) is 7. The van der Waals surface area contributed by atoms with E-state index in [4.69, 9.17) is 14.7 Å². The molecule has 8 nitrogen and oxygen atoms in total. The van der Waals surface area contributed by atoms with E-state index in [1.54, 1.807) is 0 Å². The van der Waals surface area contributed by atoms with Crippen LogP contribution in [0.4, 0.5) is 0 Å². The maximum atomic E-state index is 11.2. The molecule has 0 aromatic rings. The van der Waals surface area contributed by atoms with Crippen molar-refractivity contribution in [2.75, 3.05) is 37.9 Å². The minimum Gasteiger partial charge on any atom is -0.481 e. The van der Waals surface area contributed by atoms with Crippen molar-refractivity contribution in [3.8, 4) is 0 Å². The molecule has 0 aromatic heterocycles. The van der Waals surface area contributed by atoms with Gasteiger partial charge in [0.05, 0.1) is 25.8 Å². The second-order valence-corrected chi connectivity index (χ2v) is 4.85. The fourth-order valence-electron chi connectivity index (χ4n) is 1.02. The molecular formula is C12H20N2O6S. The average molecular weight is 320 g/mol. The van der Waals surface area contributed by atoms with Crippen LogP contribution < -0.4 is 5.32 Å². The first-order valence-corrected chi connectivity index (χ1v) is 7.53. The normalized spacial score (nSPS) is 10.5. The van der Waals surface area contributed by atoms with Gasteiger partial charge in [-0.3, -0.25) is 9.59 Å². The van der Waals surface area contributed by atoms with Gasteiger partial charge in [0.25, 0.3) is 5.91 Å². The molecule has 0 aliphatic carbocycles. The third-order valence-electron chi connectivity index (χ3n) is 1.95. The van der Waals surface area contributed by atoms with Crippen molar-refractivity contribution in [3.05, 3.63) is 0 Å². The molecule has 0 fully saturated rings. The zero-order valence-electron chi connectivity index (χ0n) is 11.7. The fraction of sp³-hybridized carbons (Fsp3) is 0.667. The maximum absolute atomic E-state index is 11.2. The molecule has 0 saturated heterocycles. The van der Waals surface area contributed by atoms with E-state index in [2.05, 4.69) is 10.5 Å². The number of aldehydes is 1. The summed E-state index contributed by atoms with van der Waals surface area (Å²) in [4.78, 5) is 36.2. The lowest BCUT2D eigenvalue weighted by Crippen LogP contribution is -2.30. The number of ether oxygens (including phenoxy) is 1. The number of carboxylic acids is 1. The van der Waals surface area contributed by atoms with Crippen molar-refractivity contribution in [2.24, 2.45) is 5.16 Å². The zero-order chi connectivity index (χ0) is 15.8. The number of aliphatic carboxylic acids is 1. The Bertz CT molecular complexity index is 338. The minimum atomic E-state index is -0.831. The number of oxime groups is 1. The molecule has 0 spiro atoms. The lowest BCUT2D eigenvalue weighted by molar-refractivity contribution is -0.136. The highest BCUT2D eigenvalue weighted by molar-refractivity contribution is 7.99. The number of nitrogens with zero attached hydrogens (tertiary/aromatic N) is 1. The van der Waals surface area contributed by atoms with Gasteiger partial charge < -0.3 is 24.8 Å². The van der Waals surface area contributed by atoms with Crippen LogP contribution >= 0.6 is 11.8 Å². The van der Waals surface area contributed by atoms with Crippen molar-refractivity contribution in [2.45, 2.75) is 12.8 Å². The lowest BCUT2D eigenvalue weighted by Gasteiger charge is -2.04. The van der Waals surface area contributed by atoms with Crippen molar-refractivity contribution in [1.82, 2.24) is 5.32 Å². The van der Waals surface area contributed by atoms with Crippen LogP contribution in [-0.2, 0) is 24.0 Å². The van der Waals surface area contributed by atoms with Crippen molar-refractivity contribution in [1.29, 1.82) is 0 Å². The maximum Gasteiger partial charge on any atom is 0.304 e. The fourth-order valence-corrected chi connectivity index (χ4v) is 1.67. The van der Waals surface area contributed by atoms with Gasteiger partial charge in [-0.2, -0.15) is 11.8 Å². The van der Waals surface area contributed by atoms with Crippen LogP contribution in [0, 0.1) is 0 Å². The Kier molecular flexibility index (Phi) is 13.7. The van der Waals surface area contributed by atoms with E-state index in [1.165, 1.54) is 18.0 Å². The van der Waals surface area contributed by atoms with Crippen molar-refractivity contribution >= 4 is 36.1 Å². The predicted molar refractivity (Wildman–Crippen MR) is 78.5 cm³/mol. The first-order valence-electron chi connectivity index (χ1n) is 6.38. The summed E-state index contributed by atoms with van der Waals surface area (Å²) in [5.41, 5.74) is 0. The molecule has 0 radical (unpaired) electrons. The number of thioether (sulfide) groups is 1. The molecule has 0 atom stereocenters. The van der Waals surface area contributed by atoms with Gasteiger partial charge in [0.1, 0.15) is 6.29 Å². The smallest absolute Gasteiger partial charge is 0.304 e.